The molecule has 5 heteroatoms. The van der Waals surface area contributed by atoms with Crippen LogP contribution in [-0.4, -0.2) is 37.1 Å². The summed E-state index contributed by atoms with van der Waals surface area (Å²) >= 11 is 0. The Kier molecular flexibility index (Phi) is 9.22. The van der Waals surface area contributed by atoms with E-state index < -0.39 is 0 Å². The molecule has 1 fully saturated rings. The van der Waals surface area contributed by atoms with Gasteiger partial charge in [0.2, 0.25) is 11.8 Å². The van der Waals surface area contributed by atoms with E-state index in [0.717, 1.165) is 12.8 Å². The van der Waals surface area contributed by atoms with Gasteiger partial charge in [0.15, 0.2) is 0 Å². The minimum Gasteiger partial charge on any atom is -0.379 e. The number of hydrogen-bond acceptors (Lipinski definition) is 3. The van der Waals surface area contributed by atoms with Gasteiger partial charge in [-0.2, -0.15) is 0 Å². The number of nitrogens with one attached hydrogen (secondary N) is 2. The summed E-state index contributed by atoms with van der Waals surface area (Å²) in [5, 5.41) is 5.94. The maximum atomic E-state index is 12.0. The highest BCUT2D eigenvalue weighted by atomic mass is 16.5. The molecular weight excluding hydrogens is 292 g/mol. The molecule has 0 heterocycles. The third kappa shape index (κ3) is 8.35. The van der Waals surface area contributed by atoms with E-state index in [-0.39, 0.29) is 36.8 Å². The Hall–Kier alpha value is -1.10. The molecule has 0 bridgehead atoms. The summed E-state index contributed by atoms with van der Waals surface area (Å²) in [5.74, 6) is 1.11. The maximum absolute atomic E-state index is 12.0. The van der Waals surface area contributed by atoms with Crippen molar-refractivity contribution in [1.82, 2.24) is 10.6 Å². The van der Waals surface area contributed by atoms with Crippen LogP contribution in [-0.2, 0) is 14.3 Å². The minimum atomic E-state index is -0.0604. The Morgan fingerprint density at radius 1 is 1.13 bits per heavy atom. The van der Waals surface area contributed by atoms with Crippen LogP contribution in [0.5, 0.6) is 0 Å². The van der Waals surface area contributed by atoms with E-state index in [0.29, 0.717) is 25.0 Å². The molecule has 23 heavy (non-hydrogen) atoms. The van der Waals surface area contributed by atoms with Crippen LogP contribution < -0.4 is 10.6 Å². The van der Waals surface area contributed by atoms with Gasteiger partial charge in [-0.25, -0.2) is 0 Å². The van der Waals surface area contributed by atoms with E-state index in [4.69, 9.17) is 4.74 Å². The molecule has 0 spiro atoms. The van der Waals surface area contributed by atoms with Gasteiger partial charge in [0.1, 0.15) is 0 Å². The number of carbonyl (C=O) groups is 2. The predicted octanol–water partition coefficient (Wildman–Crippen LogP) is 2.64. The van der Waals surface area contributed by atoms with Crippen molar-refractivity contribution in [3.8, 4) is 0 Å². The number of amides is 2. The summed E-state index contributed by atoms with van der Waals surface area (Å²) in [5.41, 5.74) is 0. The van der Waals surface area contributed by atoms with Crippen LogP contribution in [0.4, 0.5) is 0 Å². The summed E-state index contributed by atoms with van der Waals surface area (Å²) in [6, 6.07) is 0.266. The quantitative estimate of drug-likeness (QED) is 0.640. The molecular formula is C18H34N2O3. The van der Waals surface area contributed by atoms with Gasteiger partial charge in [-0.05, 0) is 38.5 Å². The lowest BCUT2D eigenvalue weighted by Gasteiger charge is -2.34. The molecule has 1 saturated carbocycles. The molecule has 0 unspecified atom stereocenters. The summed E-state index contributed by atoms with van der Waals surface area (Å²) in [7, 11) is 0. The lowest BCUT2D eigenvalue weighted by molar-refractivity contribution is -0.127. The fourth-order valence-electron chi connectivity index (χ4n) is 3.00. The molecule has 1 aliphatic carbocycles. The van der Waals surface area contributed by atoms with E-state index in [1.807, 2.05) is 13.8 Å². The van der Waals surface area contributed by atoms with Gasteiger partial charge < -0.3 is 15.4 Å². The van der Waals surface area contributed by atoms with Crippen molar-refractivity contribution in [2.45, 2.75) is 78.4 Å². The van der Waals surface area contributed by atoms with Crippen LogP contribution in [0.25, 0.3) is 0 Å². The SMILES string of the molecule is CC(C)OCCCNC(=O)CCC(=O)N[C@H]1CCC[C@@H](C)[C@@H]1C. The zero-order valence-electron chi connectivity index (χ0n) is 15.2. The van der Waals surface area contributed by atoms with Gasteiger partial charge in [0.05, 0.1) is 6.10 Å². The Labute approximate surface area is 140 Å². The predicted molar refractivity (Wildman–Crippen MR) is 92.1 cm³/mol. The second-order valence-corrected chi connectivity index (χ2v) is 7.06. The second-order valence-electron chi connectivity index (χ2n) is 7.06. The third-order valence-electron chi connectivity index (χ3n) is 4.73. The van der Waals surface area contributed by atoms with Gasteiger partial charge in [-0.15, -0.1) is 0 Å². The van der Waals surface area contributed by atoms with Crippen LogP contribution in [0, 0.1) is 11.8 Å². The summed E-state index contributed by atoms with van der Waals surface area (Å²) in [6.07, 6.45) is 5.03. The van der Waals surface area contributed by atoms with Crippen molar-refractivity contribution in [3.05, 3.63) is 0 Å². The first kappa shape index (κ1) is 19.9. The minimum absolute atomic E-state index is 0.00533. The first-order valence-corrected chi connectivity index (χ1v) is 9.07. The van der Waals surface area contributed by atoms with Crippen molar-refractivity contribution in [2.75, 3.05) is 13.2 Å². The van der Waals surface area contributed by atoms with Gasteiger partial charge in [0.25, 0.3) is 0 Å². The molecule has 3 atom stereocenters. The number of ether oxygens (including phenoxy) is 1. The molecule has 1 rings (SSSR count). The highest BCUT2D eigenvalue weighted by molar-refractivity contribution is 5.83. The van der Waals surface area contributed by atoms with E-state index in [1.54, 1.807) is 0 Å². The smallest absolute Gasteiger partial charge is 0.220 e. The van der Waals surface area contributed by atoms with Crippen LogP contribution in [0.1, 0.15) is 66.2 Å². The molecule has 2 amide bonds. The highest BCUT2D eigenvalue weighted by Gasteiger charge is 2.27. The topological polar surface area (TPSA) is 67.4 Å². The molecule has 0 aliphatic heterocycles. The molecule has 1 aliphatic rings. The Bertz CT molecular complexity index is 371. The standard InChI is InChI=1S/C18H34N2O3/c1-13(2)23-12-6-11-19-17(21)9-10-18(22)20-16-8-5-7-14(3)15(16)4/h13-16H,5-12H2,1-4H3,(H,19,21)(H,20,22)/t14-,15+,16+/m1/s1. The van der Waals surface area contributed by atoms with E-state index in [9.17, 15) is 9.59 Å². The van der Waals surface area contributed by atoms with Crippen molar-refractivity contribution in [2.24, 2.45) is 11.8 Å². The average Bonchev–Trinajstić information content (AvgIpc) is 2.49. The van der Waals surface area contributed by atoms with Gasteiger partial charge in [-0.1, -0.05) is 26.7 Å². The summed E-state index contributed by atoms with van der Waals surface area (Å²) < 4.78 is 5.41. The summed E-state index contributed by atoms with van der Waals surface area (Å²) in [6.45, 7) is 9.69. The Morgan fingerprint density at radius 3 is 2.52 bits per heavy atom. The first-order chi connectivity index (χ1) is 10.9. The van der Waals surface area contributed by atoms with Crippen LogP contribution in [0.2, 0.25) is 0 Å². The Balaban J connectivity index is 2.11. The zero-order valence-corrected chi connectivity index (χ0v) is 15.2. The lowest BCUT2D eigenvalue weighted by atomic mass is 9.78. The van der Waals surface area contributed by atoms with Crippen LogP contribution in [0.15, 0.2) is 0 Å². The third-order valence-corrected chi connectivity index (χ3v) is 4.73. The van der Waals surface area contributed by atoms with E-state index >= 15 is 0 Å². The fraction of sp³-hybridized carbons (Fsp3) is 0.889. The first-order valence-electron chi connectivity index (χ1n) is 9.07. The highest BCUT2D eigenvalue weighted by Crippen LogP contribution is 2.29. The monoisotopic (exact) mass is 326 g/mol. The summed E-state index contributed by atoms with van der Waals surface area (Å²) in [4.78, 5) is 23.7. The molecule has 0 aromatic rings. The normalized spacial score (nSPS) is 24.5. The van der Waals surface area contributed by atoms with Crippen molar-refractivity contribution in [3.63, 3.8) is 0 Å². The van der Waals surface area contributed by atoms with Gasteiger partial charge in [0, 0.05) is 32.0 Å². The van der Waals surface area contributed by atoms with E-state index in [1.165, 1.54) is 12.8 Å². The van der Waals surface area contributed by atoms with E-state index in [2.05, 4.69) is 24.5 Å². The average molecular weight is 326 g/mol. The maximum Gasteiger partial charge on any atom is 0.220 e. The van der Waals surface area contributed by atoms with Gasteiger partial charge >= 0.3 is 0 Å². The molecule has 0 aromatic carbocycles. The largest absolute Gasteiger partial charge is 0.379 e. The van der Waals surface area contributed by atoms with Crippen molar-refractivity contribution < 1.29 is 14.3 Å². The van der Waals surface area contributed by atoms with Crippen LogP contribution >= 0.6 is 0 Å². The molecule has 0 aromatic heterocycles. The number of rotatable bonds is 9. The molecule has 2 N–H and O–H groups in total. The number of carbonyl (C=O) groups excluding carboxylic acids is 2. The zero-order chi connectivity index (χ0) is 17.2. The Morgan fingerprint density at radius 2 is 1.83 bits per heavy atom. The second kappa shape index (κ2) is 10.6. The number of hydrogen-bond donors (Lipinski definition) is 2. The van der Waals surface area contributed by atoms with Crippen molar-refractivity contribution in [1.29, 1.82) is 0 Å². The van der Waals surface area contributed by atoms with Gasteiger partial charge in [-0.3, -0.25) is 9.59 Å². The lowest BCUT2D eigenvalue weighted by Crippen LogP contribution is -2.43. The molecule has 0 radical (unpaired) electrons. The molecule has 5 nitrogen and oxygen atoms in total. The van der Waals surface area contributed by atoms with Crippen LogP contribution in [0.3, 0.4) is 0 Å². The molecule has 0 saturated heterocycles. The van der Waals surface area contributed by atoms with Crippen molar-refractivity contribution >= 4 is 11.8 Å². The molecule has 134 valence electrons. The fourth-order valence-corrected chi connectivity index (χ4v) is 3.00.